The zero-order chi connectivity index (χ0) is 12.4. The van der Waals surface area contributed by atoms with Crippen molar-refractivity contribution < 1.29 is 0 Å². The van der Waals surface area contributed by atoms with Gasteiger partial charge in [-0.25, -0.2) is 9.97 Å². The third-order valence-corrected chi connectivity index (χ3v) is 3.22. The maximum atomic E-state index is 5.83. The van der Waals surface area contributed by atoms with Crippen LogP contribution < -0.4 is 10.6 Å². The second kappa shape index (κ2) is 4.87. The van der Waals surface area contributed by atoms with Gasteiger partial charge in [0.15, 0.2) is 0 Å². The SMILES string of the molecule is CCc1nc(N)cc(N2CCN(C)CC2C)n1. The molecule has 5 nitrogen and oxygen atoms in total. The topological polar surface area (TPSA) is 58.3 Å². The molecule has 0 saturated carbocycles. The first-order valence-electron chi connectivity index (χ1n) is 6.18. The summed E-state index contributed by atoms with van der Waals surface area (Å²) in [5.41, 5.74) is 5.83. The van der Waals surface area contributed by atoms with E-state index in [0.717, 1.165) is 37.7 Å². The average Bonchev–Trinajstić information content (AvgIpc) is 2.28. The summed E-state index contributed by atoms with van der Waals surface area (Å²) in [5, 5.41) is 0. The molecule has 2 N–H and O–H groups in total. The molecule has 0 bridgehead atoms. The summed E-state index contributed by atoms with van der Waals surface area (Å²) < 4.78 is 0. The second-order valence-electron chi connectivity index (χ2n) is 4.73. The summed E-state index contributed by atoms with van der Waals surface area (Å²) in [7, 11) is 2.15. The molecule has 0 spiro atoms. The van der Waals surface area contributed by atoms with Crippen molar-refractivity contribution in [3.63, 3.8) is 0 Å². The minimum Gasteiger partial charge on any atom is -0.384 e. The fraction of sp³-hybridized carbons (Fsp3) is 0.667. The highest BCUT2D eigenvalue weighted by Gasteiger charge is 2.23. The molecule has 0 amide bonds. The molecule has 0 aromatic carbocycles. The number of aromatic nitrogens is 2. The van der Waals surface area contributed by atoms with Gasteiger partial charge in [0.25, 0.3) is 0 Å². The highest BCUT2D eigenvalue weighted by Crippen LogP contribution is 2.19. The number of rotatable bonds is 2. The number of hydrogen-bond acceptors (Lipinski definition) is 5. The van der Waals surface area contributed by atoms with Gasteiger partial charge in [0, 0.05) is 38.2 Å². The van der Waals surface area contributed by atoms with Gasteiger partial charge in [-0.05, 0) is 14.0 Å². The van der Waals surface area contributed by atoms with E-state index in [0.29, 0.717) is 11.9 Å². The van der Waals surface area contributed by atoms with Crippen LogP contribution in [0, 0.1) is 0 Å². The Balaban J connectivity index is 2.24. The Morgan fingerprint density at radius 1 is 1.41 bits per heavy atom. The molecule has 1 aliphatic rings. The monoisotopic (exact) mass is 235 g/mol. The van der Waals surface area contributed by atoms with Gasteiger partial charge < -0.3 is 15.5 Å². The molecule has 0 aliphatic carbocycles. The Hall–Kier alpha value is -1.36. The van der Waals surface area contributed by atoms with Crippen LogP contribution in [0.15, 0.2) is 6.07 Å². The normalized spacial score (nSPS) is 21.8. The molecule has 1 unspecified atom stereocenters. The van der Waals surface area contributed by atoms with Crippen molar-refractivity contribution in [3.8, 4) is 0 Å². The lowest BCUT2D eigenvalue weighted by molar-refractivity contribution is 0.274. The zero-order valence-corrected chi connectivity index (χ0v) is 10.8. The molecule has 1 fully saturated rings. The number of aryl methyl sites for hydroxylation is 1. The number of piperazine rings is 1. The summed E-state index contributed by atoms with van der Waals surface area (Å²) in [6.07, 6.45) is 0.820. The number of likely N-dealkylation sites (N-methyl/N-ethyl adjacent to an activating group) is 1. The molecule has 2 heterocycles. The fourth-order valence-corrected chi connectivity index (χ4v) is 2.29. The second-order valence-corrected chi connectivity index (χ2v) is 4.73. The van der Waals surface area contributed by atoms with E-state index < -0.39 is 0 Å². The molecule has 17 heavy (non-hydrogen) atoms. The van der Waals surface area contributed by atoms with Crippen molar-refractivity contribution in [2.24, 2.45) is 0 Å². The molecule has 1 aliphatic heterocycles. The van der Waals surface area contributed by atoms with Crippen molar-refractivity contribution >= 4 is 11.6 Å². The first-order valence-corrected chi connectivity index (χ1v) is 6.18. The first kappa shape index (κ1) is 12.1. The van der Waals surface area contributed by atoms with Gasteiger partial charge in [-0.2, -0.15) is 0 Å². The van der Waals surface area contributed by atoms with E-state index in [1.807, 2.05) is 13.0 Å². The third kappa shape index (κ3) is 2.66. The maximum Gasteiger partial charge on any atom is 0.134 e. The van der Waals surface area contributed by atoms with Crippen LogP contribution in [0.3, 0.4) is 0 Å². The Bertz CT molecular complexity index is 392. The molecule has 1 saturated heterocycles. The fourth-order valence-electron chi connectivity index (χ4n) is 2.29. The molecule has 0 radical (unpaired) electrons. The maximum absolute atomic E-state index is 5.83. The number of hydrogen-bond donors (Lipinski definition) is 1. The van der Waals surface area contributed by atoms with Gasteiger partial charge in [-0.1, -0.05) is 6.92 Å². The van der Waals surface area contributed by atoms with Gasteiger partial charge >= 0.3 is 0 Å². The van der Waals surface area contributed by atoms with Gasteiger partial charge in [0.1, 0.15) is 17.5 Å². The minimum atomic E-state index is 0.466. The van der Waals surface area contributed by atoms with Crippen LogP contribution in [0.1, 0.15) is 19.7 Å². The Kier molecular flexibility index (Phi) is 3.47. The van der Waals surface area contributed by atoms with Crippen LogP contribution in [0.5, 0.6) is 0 Å². The lowest BCUT2D eigenvalue weighted by Gasteiger charge is -2.39. The Morgan fingerprint density at radius 3 is 2.82 bits per heavy atom. The summed E-state index contributed by atoms with van der Waals surface area (Å²) in [4.78, 5) is 13.4. The average molecular weight is 235 g/mol. The van der Waals surface area contributed by atoms with E-state index >= 15 is 0 Å². The predicted octanol–water partition coefficient (Wildman–Crippen LogP) is 0.761. The van der Waals surface area contributed by atoms with E-state index in [2.05, 4.69) is 33.7 Å². The number of anilines is 2. The van der Waals surface area contributed by atoms with Gasteiger partial charge in [0.05, 0.1) is 0 Å². The number of nitrogen functional groups attached to an aromatic ring is 1. The van der Waals surface area contributed by atoms with Crippen LogP contribution in [0.4, 0.5) is 11.6 Å². The van der Waals surface area contributed by atoms with Crippen molar-refractivity contribution in [1.29, 1.82) is 0 Å². The van der Waals surface area contributed by atoms with E-state index in [4.69, 9.17) is 5.73 Å². The number of nitrogens with two attached hydrogens (primary N) is 1. The van der Waals surface area contributed by atoms with Crippen LogP contribution in [0.25, 0.3) is 0 Å². The van der Waals surface area contributed by atoms with Crippen molar-refractivity contribution in [2.45, 2.75) is 26.3 Å². The zero-order valence-electron chi connectivity index (χ0n) is 10.8. The van der Waals surface area contributed by atoms with Crippen LogP contribution >= 0.6 is 0 Å². The first-order chi connectivity index (χ1) is 8.10. The van der Waals surface area contributed by atoms with Gasteiger partial charge in [-0.3, -0.25) is 0 Å². The van der Waals surface area contributed by atoms with E-state index in [9.17, 15) is 0 Å². The van der Waals surface area contributed by atoms with Crippen LogP contribution in [-0.4, -0.2) is 47.6 Å². The van der Waals surface area contributed by atoms with Gasteiger partial charge in [0.2, 0.25) is 0 Å². The molecule has 2 rings (SSSR count). The molecule has 5 heteroatoms. The summed E-state index contributed by atoms with van der Waals surface area (Å²) in [5.74, 6) is 2.36. The Morgan fingerprint density at radius 2 is 2.18 bits per heavy atom. The molecule has 1 aromatic rings. The molecular formula is C12H21N5. The largest absolute Gasteiger partial charge is 0.384 e. The summed E-state index contributed by atoms with van der Waals surface area (Å²) in [6, 6.07) is 2.34. The van der Waals surface area contributed by atoms with Crippen LogP contribution in [0.2, 0.25) is 0 Å². The van der Waals surface area contributed by atoms with E-state index in [1.165, 1.54) is 0 Å². The number of nitrogens with zero attached hydrogens (tertiary/aromatic N) is 4. The summed E-state index contributed by atoms with van der Waals surface area (Å²) in [6.45, 7) is 7.39. The van der Waals surface area contributed by atoms with Crippen molar-refractivity contribution in [1.82, 2.24) is 14.9 Å². The third-order valence-electron chi connectivity index (χ3n) is 3.22. The minimum absolute atomic E-state index is 0.466. The standard InChI is InChI=1S/C12H21N5/c1-4-11-14-10(13)7-12(15-11)17-6-5-16(3)8-9(17)2/h7,9H,4-6,8H2,1-3H3,(H2,13,14,15). The predicted molar refractivity (Wildman–Crippen MR) is 70.1 cm³/mol. The summed E-state index contributed by atoms with van der Waals surface area (Å²) >= 11 is 0. The lowest BCUT2D eigenvalue weighted by atomic mass is 10.2. The van der Waals surface area contributed by atoms with Gasteiger partial charge in [-0.15, -0.1) is 0 Å². The highest BCUT2D eigenvalue weighted by molar-refractivity contribution is 5.48. The van der Waals surface area contributed by atoms with Crippen molar-refractivity contribution in [3.05, 3.63) is 11.9 Å². The smallest absolute Gasteiger partial charge is 0.134 e. The molecule has 1 atom stereocenters. The lowest BCUT2D eigenvalue weighted by Crippen LogP contribution is -2.50. The Labute approximate surface area is 103 Å². The highest BCUT2D eigenvalue weighted by atomic mass is 15.3. The molecule has 94 valence electrons. The van der Waals surface area contributed by atoms with E-state index in [1.54, 1.807) is 0 Å². The quantitative estimate of drug-likeness (QED) is 0.820. The van der Waals surface area contributed by atoms with E-state index in [-0.39, 0.29) is 0 Å². The molecule has 1 aromatic heterocycles. The van der Waals surface area contributed by atoms with Crippen LogP contribution in [-0.2, 0) is 6.42 Å². The van der Waals surface area contributed by atoms with Crippen molar-refractivity contribution in [2.75, 3.05) is 37.3 Å². The molecular weight excluding hydrogens is 214 g/mol.